The summed E-state index contributed by atoms with van der Waals surface area (Å²) in [7, 11) is 0. The molecule has 4 N–H and O–H groups in total. The Labute approximate surface area is 141 Å². The summed E-state index contributed by atoms with van der Waals surface area (Å²) in [6.45, 7) is 0.884. The van der Waals surface area contributed by atoms with Gasteiger partial charge in [0.15, 0.2) is 0 Å². The number of rotatable bonds is 4. The zero-order valence-corrected chi connectivity index (χ0v) is 13.8. The van der Waals surface area contributed by atoms with E-state index >= 15 is 0 Å². The number of hydrogen-bond acceptors (Lipinski definition) is 4. The molecule has 5 aliphatic rings. The molecule has 4 bridgehead atoms. The summed E-state index contributed by atoms with van der Waals surface area (Å²) in [5.74, 6) is 1.88. The molecule has 4 saturated carbocycles. The minimum Gasteiger partial charge on any atom is -0.443 e. The number of carbonyl (C=O) groups excluding carboxylic acids is 3. The normalized spacial score (nSPS) is 40.2. The number of nitrogens with zero attached hydrogens (tertiary/aromatic N) is 1. The van der Waals surface area contributed by atoms with Gasteiger partial charge in [-0.25, -0.2) is 4.79 Å². The van der Waals surface area contributed by atoms with Crippen LogP contribution >= 0.6 is 0 Å². The van der Waals surface area contributed by atoms with Crippen LogP contribution in [-0.4, -0.2) is 42.0 Å². The molecular formula is C17H25N3O4. The van der Waals surface area contributed by atoms with Crippen LogP contribution in [0.15, 0.2) is 0 Å². The van der Waals surface area contributed by atoms with Gasteiger partial charge in [0, 0.05) is 11.8 Å². The monoisotopic (exact) mass is 335 g/mol. The van der Waals surface area contributed by atoms with E-state index in [2.05, 4.69) is 0 Å². The van der Waals surface area contributed by atoms with Crippen LogP contribution in [0.3, 0.4) is 0 Å². The molecule has 24 heavy (non-hydrogen) atoms. The van der Waals surface area contributed by atoms with Gasteiger partial charge in [0.25, 0.3) is 0 Å². The lowest BCUT2D eigenvalue weighted by atomic mass is 9.45. The number of carbonyl (C=O) groups is 3. The third-order valence-electron chi connectivity index (χ3n) is 6.89. The fraction of sp³-hybridized carbons (Fsp3) is 0.824. The van der Waals surface area contributed by atoms with Crippen molar-refractivity contribution in [3.05, 3.63) is 0 Å². The molecule has 3 amide bonds. The lowest BCUT2D eigenvalue weighted by molar-refractivity contribution is -0.156. The maximum atomic E-state index is 12.5. The molecule has 1 heterocycles. The Morgan fingerprint density at radius 2 is 1.67 bits per heavy atom. The first-order valence-electron chi connectivity index (χ1n) is 8.90. The van der Waals surface area contributed by atoms with Crippen LogP contribution in [0, 0.1) is 29.1 Å². The SMILES string of the molecule is NC(=O)OC1CN(C(=O)C[C@H]2C3CC4CC2C[C@@](C(N)=O)(C4)C3)C1. The molecule has 5 rings (SSSR count). The molecule has 2 unspecified atom stereocenters. The van der Waals surface area contributed by atoms with Crippen molar-refractivity contribution >= 4 is 17.9 Å². The van der Waals surface area contributed by atoms with Crippen molar-refractivity contribution < 1.29 is 19.1 Å². The van der Waals surface area contributed by atoms with E-state index in [9.17, 15) is 14.4 Å². The largest absolute Gasteiger partial charge is 0.443 e. The van der Waals surface area contributed by atoms with E-state index < -0.39 is 6.09 Å². The molecule has 7 nitrogen and oxygen atoms in total. The number of hydrogen-bond donors (Lipinski definition) is 2. The molecule has 1 aliphatic heterocycles. The first-order valence-corrected chi connectivity index (χ1v) is 8.90. The molecule has 0 spiro atoms. The standard InChI is InChI=1S/C17H25N3O4/c18-15(22)17-4-9-1-10(5-17)13(11(2-9)6-17)3-14(21)20-7-12(8-20)24-16(19)23/h9-13H,1-8H2,(H2,18,22)(H2,19,23)/t9?,10?,11?,13-,17+. The third-order valence-corrected chi connectivity index (χ3v) is 6.89. The number of ether oxygens (including phenoxy) is 1. The molecule has 1 saturated heterocycles. The Bertz CT molecular complexity index is 570. The highest BCUT2D eigenvalue weighted by Crippen LogP contribution is 2.62. The minimum absolute atomic E-state index is 0.130. The van der Waals surface area contributed by atoms with Gasteiger partial charge >= 0.3 is 6.09 Å². The predicted octanol–water partition coefficient (Wildman–Crippen LogP) is 0.610. The Morgan fingerprint density at radius 3 is 2.21 bits per heavy atom. The van der Waals surface area contributed by atoms with Gasteiger partial charge < -0.3 is 21.1 Å². The molecule has 2 atom stereocenters. The summed E-state index contributed by atoms with van der Waals surface area (Å²) >= 11 is 0. The summed E-state index contributed by atoms with van der Waals surface area (Å²) in [6, 6.07) is 0. The molecule has 0 aromatic carbocycles. The average molecular weight is 335 g/mol. The Kier molecular flexibility index (Phi) is 3.51. The number of primary amides is 2. The van der Waals surface area contributed by atoms with Crippen molar-refractivity contribution in [1.29, 1.82) is 0 Å². The maximum absolute atomic E-state index is 12.5. The van der Waals surface area contributed by atoms with Crippen molar-refractivity contribution in [3.63, 3.8) is 0 Å². The summed E-state index contributed by atoms with van der Waals surface area (Å²) in [5.41, 5.74) is 10.4. The van der Waals surface area contributed by atoms with Gasteiger partial charge in [-0.3, -0.25) is 9.59 Å². The van der Waals surface area contributed by atoms with Crippen LogP contribution < -0.4 is 11.5 Å². The average Bonchev–Trinajstić information content (AvgIpc) is 2.45. The Morgan fingerprint density at radius 1 is 1.04 bits per heavy atom. The van der Waals surface area contributed by atoms with Gasteiger partial charge in [-0.05, 0) is 55.8 Å². The van der Waals surface area contributed by atoms with Crippen LogP contribution in [0.25, 0.3) is 0 Å². The second-order valence-corrected chi connectivity index (χ2v) is 8.34. The van der Waals surface area contributed by atoms with Crippen LogP contribution in [0.5, 0.6) is 0 Å². The summed E-state index contributed by atoms with van der Waals surface area (Å²) < 4.78 is 4.88. The van der Waals surface area contributed by atoms with E-state index in [4.69, 9.17) is 16.2 Å². The first kappa shape index (κ1) is 15.7. The quantitative estimate of drug-likeness (QED) is 0.783. The first-order chi connectivity index (χ1) is 11.4. The maximum Gasteiger partial charge on any atom is 0.404 e. The number of nitrogens with two attached hydrogens (primary N) is 2. The Balaban J connectivity index is 1.36. The topological polar surface area (TPSA) is 116 Å². The summed E-state index contributed by atoms with van der Waals surface area (Å²) in [5, 5.41) is 0. The van der Waals surface area contributed by atoms with Gasteiger partial charge in [0.1, 0.15) is 6.10 Å². The van der Waals surface area contributed by atoms with Crippen molar-refractivity contribution in [1.82, 2.24) is 4.90 Å². The highest BCUT2D eigenvalue weighted by atomic mass is 16.6. The summed E-state index contributed by atoms with van der Waals surface area (Å²) in [4.78, 5) is 36.9. The third kappa shape index (κ3) is 2.45. The lowest BCUT2D eigenvalue weighted by Crippen LogP contribution is -2.58. The van der Waals surface area contributed by atoms with Gasteiger partial charge in [-0.1, -0.05) is 0 Å². The van der Waals surface area contributed by atoms with E-state index in [-0.39, 0.29) is 23.3 Å². The van der Waals surface area contributed by atoms with Crippen molar-refractivity contribution in [3.8, 4) is 0 Å². The highest BCUT2D eigenvalue weighted by molar-refractivity contribution is 5.82. The lowest BCUT2D eigenvalue weighted by Gasteiger charge is -2.59. The second-order valence-electron chi connectivity index (χ2n) is 8.34. The molecule has 0 aromatic rings. The number of likely N-dealkylation sites (tertiary alicyclic amines) is 1. The van der Waals surface area contributed by atoms with Gasteiger partial charge in [0.2, 0.25) is 11.8 Å². The van der Waals surface area contributed by atoms with Crippen LogP contribution in [-0.2, 0) is 14.3 Å². The second kappa shape index (κ2) is 5.36. The van der Waals surface area contributed by atoms with E-state index in [0.717, 1.165) is 32.1 Å². The molecule has 0 radical (unpaired) electrons. The van der Waals surface area contributed by atoms with Gasteiger partial charge in [0.05, 0.1) is 13.1 Å². The van der Waals surface area contributed by atoms with E-state index in [0.29, 0.717) is 43.2 Å². The smallest absolute Gasteiger partial charge is 0.404 e. The zero-order chi connectivity index (χ0) is 17.1. The van der Waals surface area contributed by atoms with Crippen molar-refractivity contribution in [2.45, 2.75) is 44.6 Å². The number of amides is 3. The fourth-order valence-electron chi connectivity index (χ4n) is 5.98. The molecule has 7 heteroatoms. The van der Waals surface area contributed by atoms with Crippen LogP contribution in [0.4, 0.5) is 4.79 Å². The molecule has 132 valence electrons. The van der Waals surface area contributed by atoms with Crippen molar-refractivity contribution in [2.75, 3.05) is 13.1 Å². The van der Waals surface area contributed by atoms with Crippen LogP contribution in [0.2, 0.25) is 0 Å². The Hall–Kier alpha value is -1.79. The van der Waals surface area contributed by atoms with Gasteiger partial charge in [-0.2, -0.15) is 0 Å². The molecular weight excluding hydrogens is 310 g/mol. The van der Waals surface area contributed by atoms with E-state index in [1.165, 1.54) is 0 Å². The zero-order valence-electron chi connectivity index (χ0n) is 13.8. The predicted molar refractivity (Wildman–Crippen MR) is 84.3 cm³/mol. The minimum atomic E-state index is -0.787. The fourth-order valence-corrected chi connectivity index (χ4v) is 5.98. The van der Waals surface area contributed by atoms with E-state index in [1.54, 1.807) is 4.90 Å². The van der Waals surface area contributed by atoms with Crippen LogP contribution in [0.1, 0.15) is 38.5 Å². The van der Waals surface area contributed by atoms with Crippen molar-refractivity contribution in [2.24, 2.45) is 40.6 Å². The van der Waals surface area contributed by atoms with Gasteiger partial charge in [-0.15, -0.1) is 0 Å². The van der Waals surface area contributed by atoms with E-state index in [1.807, 2.05) is 0 Å². The molecule has 4 aliphatic carbocycles. The molecule has 0 aromatic heterocycles. The highest BCUT2D eigenvalue weighted by Gasteiger charge is 2.58. The summed E-state index contributed by atoms with van der Waals surface area (Å²) in [6.07, 6.45) is 4.44. The molecule has 5 fully saturated rings.